The Hall–Kier alpha value is -2.12. The third-order valence-corrected chi connectivity index (χ3v) is 17.7. The van der Waals surface area contributed by atoms with Gasteiger partial charge in [0, 0.05) is 23.7 Å². The Balaban J connectivity index is 2.01. The highest BCUT2D eigenvalue weighted by molar-refractivity contribution is 6.74. The average Bonchev–Trinajstić information content (AvgIpc) is 3.21. The van der Waals surface area contributed by atoms with E-state index in [1.54, 1.807) is 37.3 Å². The van der Waals surface area contributed by atoms with Crippen LogP contribution in [0.15, 0.2) is 46.1 Å². The summed E-state index contributed by atoms with van der Waals surface area (Å²) in [5, 5.41) is 0.0147. The van der Waals surface area contributed by atoms with Crippen molar-refractivity contribution >= 4 is 22.5 Å². The van der Waals surface area contributed by atoms with Crippen molar-refractivity contribution in [3.05, 3.63) is 68.5 Å². The topological polar surface area (TPSA) is 88.8 Å². The highest BCUT2D eigenvalue weighted by Gasteiger charge is 2.47. The van der Waals surface area contributed by atoms with Crippen molar-refractivity contribution in [3.63, 3.8) is 0 Å². The first kappa shape index (κ1) is 31.4. The van der Waals surface area contributed by atoms with E-state index in [0.29, 0.717) is 17.6 Å². The van der Waals surface area contributed by atoms with Gasteiger partial charge in [-0.1, -0.05) is 59.7 Å². The molecule has 1 aliphatic rings. The van der Waals surface area contributed by atoms with Gasteiger partial charge in [0.2, 0.25) is 0 Å². The van der Waals surface area contributed by atoms with Crippen LogP contribution in [-0.2, 0) is 13.6 Å². The average molecular weight is 575 g/mol. The smallest absolute Gasteiger partial charge is 0.340 e. The molecule has 1 aliphatic heterocycles. The molecular weight excluding hydrogens is 528 g/mol. The number of aryl methyl sites for hydroxylation is 1. The van der Waals surface area contributed by atoms with Gasteiger partial charge >= 0.3 is 5.69 Å². The Morgan fingerprint density at radius 2 is 1.54 bits per heavy atom. The number of carbonyl (C=O) groups excluding carboxylic acids is 1. The summed E-state index contributed by atoms with van der Waals surface area (Å²) < 4.78 is 21.9. The minimum absolute atomic E-state index is 0.0152. The van der Waals surface area contributed by atoms with E-state index in [1.807, 2.05) is 0 Å². The predicted molar refractivity (Wildman–Crippen MR) is 160 cm³/mol. The van der Waals surface area contributed by atoms with E-state index in [9.17, 15) is 14.4 Å². The molecule has 1 aromatic heterocycles. The van der Waals surface area contributed by atoms with Gasteiger partial charge in [-0.25, -0.2) is 4.79 Å². The lowest BCUT2D eigenvalue weighted by atomic mass is 10.2. The number of ether oxygens (including phenoxy) is 1. The van der Waals surface area contributed by atoms with Crippen molar-refractivity contribution < 1.29 is 18.4 Å². The van der Waals surface area contributed by atoms with E-state index in [4.69, 9.17) is 13.6 Å². The van der Waals surface area contributed by atoms with Gasteiger partial charge in [-0.05, 0) is 55.3 Å². The number of benzene rings is 1. The van der Waals surface area contributed by atoms with Crippen molar-refractivity contribution in [3.8, 4) is 0 Å². The lowest BCUT2D eigenvalue weighted by Crippen LogP contribution is -2.48. The normalized spacial score (nSPS) is 20.8. The zero-order valence-electron chi connectivity index (χ0n) is 25.5. The summed E-state index contributed by atoms with van der Waals surface area (Å²) >= 11 is 0. The Morgan fingerprint density at radius 1 is 0.974 bits per heavy atom. The number of nitrogens with zero attached hydrogens (tertiary/aromatic N) is 2. The molecule has 2 heterocycles. The van der Waals surface area contributed by atoms with Crippen molar-refractivity contribution in [1.29, 1.82) is 0 Å². The minimum atomic E-state index is -2.18. The van der Waals surface area contributed by atoms with Crippen LogP contribution in [0.2, 0.25) is 36.3 Å². The molecule has 10 heteroatoms. The van der Waals surface area contributed by atoms with E-state index >= 15 is 0 Å². The van der Waals surface area contributed by atoms with E-state index < -0.39 is 46.1 Å². The van der Waals surface area contributed by atoms with Gasteiger partial charge < -0.3 is 13.6 Å². The van der Waals surface area contributed by atoms with Crippen LogP contribution >= 0.6 is 0 Å². The molecule has 1 saturated heterocycles. The molecule has 2 aromatic rings. The molecular formula is C29H46N2O6Si2. The molecule has 0 N–H and O–H groups in total. The summed E-state index contributed by atoms with van der Waals surface area (Å²) in [6.07, 6.45) is 0.516. The number of hydrogen-bond acceptors (Lipinski definition) is 6. The number of aromatic nitrogens is 2. The van der Waals surface area contributed by atoms with Gasteiger partial charge in [-0.3, -0.25) is 14.2 Å². The molecule has 39 heavy (non-hydrogen) atoms. The molecule has 0 radical (unpaired) electrons. The van der Waals surface area contributed by atoms with E-state index in [-0.39, 0.29) is 27.3 Å². The molecule has 1 fully saturated rings. The number of carbonyl (C=O) groups is 1. The molecule has 8 nitrogen and oxygen atoms in total. The van der Waals surface area contributed by atoms with Gasteiger partial charge in [0.05, 0.1) is 12.7 Å². The second-order valence-corrected chi connectivity index (χ2v) is 23.2. The van der Waals surface area contributed by atoms with E-state index in [0.717, 1.165) is 0 Å². The van der Waals surface area contributed by atoms with Crippen molar-refractivity contribution in [1.82, 2.24) is 9.13 Å². The van der Waals surface area contributed by atoms with Gasteiger partial charge in [0.1, 0.15) is 12.3 Å². The second kappa shape index (κ2) is 11.0. The maximum absolute atomic E-state index is 13.6. The predicted octanol–water partition coefficient (Wildman–Crippen LogP) is 5.71. The Bertz CT molecular complexity index is 1300. The zero-order valence-corrected chi connectivity index (χ0v) is 27.5. The van der Waals surface area contributed by atoms with Crippen LogP contribution in [0.1, 0.15) is 70.1 Å². The molecule has 3 atom stereocenters. The fourth-order valence-corrected chi connectivity index (χ4v) is 6.37. The standard InChI is InChI=1S/C29H46N2O6Si2/c1-20-18-30(27(34)31(25(20)32)26(33)21-15-13-12-14-16-21)24-17-22(37-39(10,11)29(5,6)7)23(36-24)19-35-38(8,9)28(2,3)4/h12-16,18,22-24H,17,19H2,1-11H3/t22-,23+,24+/m0/s1. The monoisotopic (exact) mass is 574 g/mol. The van der Waals surface area contributed by atoms with Crippen LogP contribution in [0.3, 0.4) is 0 Å². The first-order chi connectivity index (χ1) is 17.8. The maximum Gasteiger partial charge on any atom is 0.340 e. The van der Waals surface area contributed by atoms with Crippen LogP contribution in [0.4, 0.5) is 0 Å². The number of hydrogen-bond donors (Lipinski definition) is 0. The van der Waals surface area contributed by atoms with Gasteiger partial charge in [0.15, 0.2) is 16.6 Å². The summed E-state index contributed by atoms with van der Waals surface area (Å²) in [4.78, 5) is 39.8. The first-order valence-corrected chi connectivity index (χ1v) is 19.5. The molecule has 0 spiro atoms. The van der Waals surface area contributed by atoms with Crippen LogP contribution in [0, 0.1) is 6.92 Å². The van der Waals surface area contributed by atoms with Gasteiger partial charge in [-0.2, -0.15) is 4.57 Å². The summed E-state index contributed by atoms with van der Waals surface area (Å²) in [5.74, 6) is -0.659. The highest BCUT2D eigenvalue weighted by Crippen LogP contribution is 2.42. The summed E-state index contributed by atoms with van der Waals surface area (Å²) in [7, 11) is -4.25. The number of rotatable bonds is 7. The van der Waals surface area contributed by atoms with E-state index in [2.05, 4.69) is 67.7 Å². The second-order valence-electron chi connectivity index (χ2n) is 13.7. The Labute approximate surface area is 234 Å². The lowest BCUT2D eigenvalue weighted by Gasteiger charge is -2.40. The highest BCUT2D eigenvalue weighted by atomic mass is 28.4. The molecule has 0 unspecified atom stereocenters. The summed E-state index contributed by atoms with van der Waals surface area (Å²) in [6.45, 7) is 23.9. The van der Waals surface area contributed by atoms with Crippen molar-refractivity contribution in [2.45, 2.75) is 110 Å². The maximum atomic E-state index is 13.6. The zero-order chi connectivity index (χ0) is 29.6. The Morgan fingerprint density at radius 3 is 2.08 bits per heavy atom. The molecule has 3 rings (SSSR count). The molecule has 0 aliphatic carbocycles. The summed E-state index contributed by atoms with van der Waals surface area (Å²) in [6, 6.07) is 8.34. The van der Waals surface area contributed by atoms with Crippen molar-refractivity contribution in [2.24, 2.45) is 0 Å². The third-order valence-electron chi connectivity index (χ3n) is 8.67. The first-order valence-electron chi connectivity index (χ1n) is 13.7. The van der Waals surface area contributed by atoms with Crippen LogP contribution in [0.25, 0.3) is 0 Å². The SMILES string of the molecule is Cc1cn([C@H]2C[C@H](O[Si](C)(C)C(C)(C)C)[C@@H](CO[Si](C)(C)C(C)(C)C)O2)c(=O)n(C(=O)c2ccccc2)c1=O. The molecule has 0 amide bonds. The molecule has 0 bridgehead atoms. The fraction of sp³-hybridized carbons (Fsp3) is 0.621. The lowest BCUT2D eigenvalue weighted by molar-refractivity contribution is -0.0415. The van der Waals surface area contributed by atoms with Crippen LogP contribution < -0.4 is 11.2 Å². The fourth-order valence-electron chi connectivity index (χ4n) is 4.00. The van der Waals surface area contributed by atoms with Crippen LogP contribution in [0.5, 0.6) is 0 Å². The molecule has 216 valence electrons. The Kier molecular flexibility index (Phi) is 8.89. The van der Waals surface area contributed by atoms with Crippen LogP contribution in [-0.4, -0.2) is 50.5 Å². The van der Waals surface area contributed by atoms with Crippen molar-refractivity contribution in [2.75, 3.05) is 6.61 Å². The molecule has 1 aromatic carbocycles. The third kappa shape index (κ3) is 6.62. The quantitative estimate of drug-likeness (QED) is 0.394. The largest absolute Gasteiger partial charge is 0.414 e. The molecule has 0 saturated carbocycles. The summed E-state index contributed by atoms with van der Waals surface area (Å²) in [5.41, 5.74) is -0.803. The van der Waals surface area contributed by atoms with Gasteiger partial charge in [-0.15, -0.1) is 0 Å². The minimum Gasteiger partial charge on any atom is -0.414 e. The van der Waals surface area contributed by atoms with E-state index in [1.165, 1.54) is 10.8 Å². The van der Waals surface area contributed by atoms with Gasteiger partial charge in [0.25, 0.3) is 11.5 Å².